The SMILES string of the molecule is NC(=O)[C@@H]1CN(Cc2ccccc2)CCN1C(=O)c1cccnc1N. The molecule has 4 N–H and O–H groups in total. The molecular formula is C18H21N5O2. The molecule has 0 bridgehead atoms. The molecule has 0 radical (unpaired) electrons. The molecular weight excluding hydrogens is 318 g/mol. The zero-order valence-electron chi connectivity index (χ0n) is 13.8. The molecule has 7 nitrogen and oxygen atoms in total. The van der Waals surface area contributed by atoms with Crippen molar-refractivity contribution in [2.75, 3.05) is 25.4 Å². The first-order valence-corrected chi connectivity index (χ1v) is 8.13. The van der Waals surface area contributed by atoms with Gasteiger partial charge in [0.2, 0.25) is 5.91 Å². The van der Waals surface area contributed by atoms with Crippen LogP contribution < -0.4 is 11.5 Å². The number of nitrogens with two attached hydrogens (primary N) is 2. The summed E-state index contributed by atoms with van der Waals surface area (Å²) in [5.41, 5.74) is 12.8. The number of primary amides is 1. The van der Waals surface area contributed by atoms with Crippen LogP contribution in [-0.2, 0) is 11.3 Å². The highest BCUT2D eigenvalue weighted by atomic mass is 16.2. The maximum absolute atomic E-state index is 12.8. The van der Waals surface area contributed by atoms with Crippen molar-refractivity contribution in [1.82, 2.24) is 14.8 Å². The van der Waals surface area contributed by atoms with E-state index in [-0.39, 0.29) is 11.7 Å². The van der Waals surface area contributed by atoms with E-state index in [0.29, 0.717) is 31.7 Å². The molecule has 0 aliphatic carbocycles. The lowest BCUT2D eigenvalue weighted by Crippen LogP contribution is -2.59. The first kappa shape index (κ1) is 16.9. The number of pyridine rings is 1. The molecule has 1 aromatic heterocycles. The van der Waals surface area contributed by atoms with Gasteiger partial charge in [-0.1, -0.05) is 30.3 Å². The van der Waals surface area contributed by atoms with E-state index in [1.807, 2.05) is 30.3 Å². The largest absolute Gasteiger partial charge is 0.383 e. The van der Waals surface area contributed by atoms with E-state index in [2.05, 4.69) is 9.88 Å². The van der Waals surface area contributed by atoms with Gasteiger partial charge in [0.05, 0.1) is 5.56 Å². The molecule has 0 saturated carbocycles. The van der Waals surface area contributed by atoms with Gasteiger partial charge < -0.3 is 16.4 Å². The van der Waals surface area contributed by atoms with Crippen molar-refractivity contribution in [3.8, 4) is 0 Å². The van der Waals surface area contributed by atoms with Crippen LogP contribution in [0.3, 0.4) is 0 Å². The van der Waals surface area contributed by atoms with E-state index in [9.17, 15) is 9.59 Å². The summed E-state index contributed by atoms with van der Waals surface area (Å²) in [6.45, 7) is 2.18. The van der Waals surface area contributed by atoms with E-state index in [1.54, 1.807) is 12.1 Å². The van der Waals surface area contributed by atoms with Crippen LogP contribution in [0.2, 0.25) is 0 Å². The Morgan fingerprint density at radius 3 is 2.56 bits per heavy atom. The molecule has 1 fully saturated rings. The molecule has 1 aromatic carbocycles. The molecule has 2 heterocycles. The number of benzene rings is 1. The van der Waals surface area contributed by atoms with E-state index in [0.717, 1.165) is 5.56 Å². The van der Waals surface area contributed by atoms with Gasteiger partial charge >= 0.3 is 0 Å². The van der Waals surface area contributed by atoms with Gasteiger partial charge in [-0.2, -0.15) is 0 Å². The summed E-state index contributed by atoms with van der Waals surface area (Å²) >= 11 is 0. The van der Waals surface area contributed by atoms with Crippen LogP contribution in [0, 0.1) is 0 Å². The fourth-order valence-corrected chi connectivity index (χ4v) is 3.06. The number of hydrogen-bond acceptors (Lipinski definition) is 5. The Hall–Kier alpha value is -2.93. The molecule has 2 amide bonds. The third-order valence-electron chi connectivity index (χ3n) is 4.37. The van der Waals surface area contributed by atoms with Crippen LogP contribution in [-0.4, -0.2) is 52.3 Å². The fraction of sp³-hybridized carbons (Fsp3) is 0.278. The summed E-state index contributed by atoms with van der Waals surface area (Å²) in [4.78, 5) is 32.3. The standard InChI is InChI=1S/C18H21N5O2/c19-16-14(7-4-8-21-16)18(25)23-10-9-22(12-15(23)17(20)24)11-13-5-2-1-3-6-13/h1-8,15H,9-12H2,(H2,19,21)(H2,20,24)/t15-/m0/s1. The summed E-state index contributed by atoms with van der Waals surface area (Å²) in [5.74, 6) is -0.676. The lowest BCUT2D eigenvalue weighted by Gasteiger charge is -2.40. The van der Waals surface area contributed by atoms with Gasteiger partial charge in [-0.3, -0.25) is 14.5 Å². The van der Waals surface area contributed by atoms with Crippen LogP contribution in [0.15, 0.2) is 48.7 Å². The highest BCUT2D eigenvalue weighted by Crippen LogP contribution is 2.18. The van der Waals surface area contributed by atoms with Crippen molar-refractivity contribution < 1.29 is 9.59 Å². The Morgan fingerprint density at radius 2 is 1.88 bits per heavy atom. The van der Waals surface area contributed by atoms with Gasteiger partial charge in [0, 0.05) is 32.4 Å². The molecule has 3 rings (SSSR count). The Bertz CT molecular complexity index is 765. The Labute approximate surface area is 146 Å². The molecule has 2 aromatic rings. The van der Waals surface area contributed by atoms with Gasteiger partial charge in [0.25, 0.3) is 5.91 Å². The van der Waals surface area contributed by atoms with Crippen molar-refractivity contribution in [3.63, 3.8) is 0 Å². The first-order valence-electron chi connectivity index (χ1n) is 8.13. The van der Waals surface area contributed by atoms with Crippen molar-refractivity contribution in [3.05, 3.63) is 59.8 Å². The average molecular weight is 339 g/mol. The number of nitrogens with zero attached hydrogens (tertiary/aromatic N) is 3. The topological polar surface area (TPSA) is 106 Å². The molecule has 0 unspecified atom stereocenters. The average Bonchev–Trinajstić information content (AvgIpc) is 2.62. The minimum atomic E-state index is -0.690. The van der Waals surface area contributed by atoms with Crippen molar-refractivity contribution in [2.24, 2.45) is 5.73 Å². The molecule has 1 atom stereocenters. The van der Waals surface area contributed by atoms with Gasteiger partial charge in [0.1, 0.15) is 11.9 Å². The zero-order chi connectivity index (χ0) is 17.8. The normalized spacial score (nSPS) is 18.1. The number of rotatable bonds is 4. The van der Waals surface area contributed by atoms with Gasteiger partial charge in [-0.25, -0.2) is 4.98 Å². The smallest absolute Gasteiger partial charge is 0.258 e. The molecule has 0 spiro atoms. The Balaban J connectivity index is 1.75. The molecule has 25 heavy (non-hydrogen) atoms. The summed E-state index contributed by atoms with van der Waals surface area (Å²) in [7, 11) is 0. The third-order valence-corrected chi connectivity index (χ3v) is 4.37. The summed E-state index contributed by atoms with van der Waals surface area (Å²) in [6, 6.07) is 12.6. The van der Waals surface area contributed by atoms with E-state index in [4.69, 9.17) is 11.5 Å². The predicted molar refractivity (Wildman–Crippen MR) is 94.4 cm³/mol. The minimum absolute atomic E-state index is 0.155. The highest BCUT2D eigenvalue weighted by molar-refractivity contribution is 6.00. The lowest BCUT2D eigenvalue weighted by molar-refractivity contribution is -0.124. The highest BCUT2D eigenvalue weighted by Gasteiger charge is 2.35. The molecule has 1 aliphatic heterocycles. The van der Waals surface area contributed by atoms with Gasteiger partial charge in [-0.05, 0) is 17.7 Å². The van der Waals surface area contributed by atoms with Crippen molar-refractivity contribution >= 4 is 17.6 Å². The van der Waals surface area contributed by atoms with E-state index in [1.165, 1.54) is 11.1 Å². The Kier molecular flexibility index (Phi) is 4.95. The number of carbonyl (C=O) groups excluding carboxylic acids is 2. The van der Waals surface area contributed by atoms with Gasteiger partial charge in [0.15, 0.2) is 0 Å². The number of piperazine rings is 1. The van der Waals surface area contributed by atoms with Crippen LogP contribution in [0.5, 0.6) is 0 Å². The third kappa shape index (κ3) is 3.77. The molecule has 1 saturated heterocycles. The quantitative estimate of drug-likeness (QED) is 0.843. The maximum Gasteiger partial charge on any atom is 0.258 e. The Morgan fingerprint density at radius 1 is 1.12 bits per heavy atom. The fourth-order valence-electron chi connectivity index (χ4n) is 3.06. The summed E-state index contributed by atoms with van der Waals surface area (Å²) in [6.07, 6.45) is 1.52. The van der Waals surface area contributed by atoms with Crippen LogP contribution in [0.1, 0.15) is 15.9 Å². The second-order valence-corrected chi connectivity index (χ2v) is 6.07. The number of carbonyl (C=O) groups is 2. The first-order chi connectivity index (χ1) is 12.1. The van der Waals surface area contributed by atoms with Crippen LogP contribution in [0.25, 0.3) is 0 Å². The summed E-state index contributed by atoms with van der Waals surface area (Å²) in [5, 5.41) is 0. The van der Waals surface area contributed by atoms with Crippen LogP contribution in [0.4, 0.5) is 5.82 Å². The van der Waals surface area contributed by atoms with E-state index < -0.39 is 11.9 Å². The molecule has 130 valence electrons. The van der Waals surface area contributed by atoms with Crippen molar-refractivity contribution in [1.29, 1.82) is 0 Å². The second-order valence-electron chi connectivity index (χ2n) is 6.07. The summed E-state index contributed by atoms with van der Waals surface area (Å²) < 4.78 is 0. The van der Waals surface area contributed by atoms with Gasteiger partial charge in [-0.15, -0.1) is 0 Å². The number of nitrogen functional groups attached to an aromatic ring is 1. The molecule has 1 aliphatic rings. The number of hydrogen-bond donors (Lipinski definition) is 2. The zero-order valence-corrected chi connectivity index (χ0v) is 13.8. The minimum Gasteiger partial charge on any atom is -0.383 e. The number of amides is 2. The monoisotopic (exact) mass is 339 g/mol. The van der Waals surface area contributed by atoms with Crippen LogP contribution >= 0.6 is 0 Å². The number of anilines is 1. The second kappa shape index (κ2) is 7.31. The molecule has 7 heteroatoms. The predicted octanol–water partition coefficient (Wildman–Crippen LogP) is 0.476. The van der Waals surface area contributed by atoms with E-state index >= 15 is 0 Å². The number of aromatic nitrogens is 1. The van der Waals surface area contributed by atoms with Crippen molar-refractivity contribution in [2.45, 2.75) is 12.6 Å². The maximum atomic E-state index is 12.8. The lowest BCUT2D eigenvalue weighted by atomic mass is 10.1.